The summed E-state index contributed by atoms with van der Waals surface area (Å²) in [7, 11) is 1.92. The fraction of sp³-hybridized carbons (Fsp3) is 0.583. The van der Waals surface area contributed by atoms with E-state index in [9.17, 15) is 0 Å². The van der Waals surface area contributed by atoms with Crippen LogP contribution in [0.1, 0.15) is 38.3 Å². The van der Waals surface area contributed by atoms with E-state index in [2.05, 4.69) is 30.2 Å². The largest absolute Gasteiger partial charge is 0.297 e. The Morgan fingerprint density at radius 2 is 2.40 bits per heavy atom. The summed E-state index contributed by atoms with van der Waals surface area (Å²) in [5.74, 6) is 2.77. The van der Waals surface area contributed by atoms with Crippen molar-refractivity contribution in [1.82, 2.24) is 15.1 Å². The van der Waals surface area contributed by atoms with Crippen LogP contribution in [0.15, 0.2) is 12.4 Å². The predicted molar refractivity (Wildman–Crippen MR) is 62.3 cm³/mol. The number of hydrogen-bond donors (Lipinski definition) is 1. The van der Waals surface area contributed by atoms with Crippen molar-refractivity contribution in [2.45, 2.75) is 38.8 Å². The minimum atomic E-state index is 0.158. The van der Waals surface area contributed by atoms with Gasteiger partial charge in [0.25, 0.3) is 0 Å². The third-order valence-corrected chi connectivity index (χ3v) is 2.45. The van der Waals surface area contributed by atoms with Gasteiger partial charge in [0.2, 0.25) is 0 Å². The molecule has 1 aromatic rings. The quantitative estimate of drug-likeness (QED) is 0.744. The summed E-state index contributed by atoms with van der Waals surface area (Å²) in [6.45, 7) is 4.25. The maximum atomic E-state index is 5.46. The lowest BCUT2D eigenvalue weighted by molar-refractivity contribution is 0.495. The van der Waals surface area contributed by atoms with Crippen LogP contribution in [0, 0.1) is 12.3 Å². The molecule has 2 atom stereocenters. The molecule has 0 radical (unpaired) electrons. The number of nitrogens with one attached hydrogen (secondary N) is 1. The van der Waals surface area contributed by atoms with Crippen LogP contribution in [0.25, 0.3) is 0 Å². The molecule has 0 bridgehead atoms. The number of rotatable bonds is 5. The van der Waals surface area contributed by atoms with Crippen molar-refractivity contribution >= 4 is 0 Å². The number of terminal acetylenes is 1. The lowest BCUT2D eigenvalue weighted by atomic mass is 10.1. The molecule has 0 aliphatic rings. The molecule has 0 spiro atoms. The lowest BCUT2D eigenvalue weighted by Gasteiger charge is -2.17. The maximum Gasteiger partial charge on any atom is 0.0691 e. The number of aryl methyl sites for hydroxylation is 1. The van der Waals surface area contributed by atoms with Crippen LogP contribution in [0.3, 0.4) is 0 Å². The van der Waals surface area contributed by atoms with Gasteiger partial charge < -0.3 is 0 Å². The molecule has 1 rings (SSSR count). The Morgan fingerprint density at radius 1 is 1.67 bits per heavy atom. The van der Waals surface area contributed by atoms with Gasteiger partial charge in [-0.3, -0.25) is 10.00 Å². The van der Waals surface area contributed by atoms with Gasteiger partial charge in [0.05, 0.1) is 12.2 Å². The summed E-state index contributed by atoms with van der Waals surface area (Å²) in [6, 6.07) is 0.413. The van der Waals surface area contributed by atoms with Crippen molar-refractivity contribution in [1.29, 1.82) is 0 Å². The lowest BCUT2D eigenvalue weighted by Crippen LogP contribution is -2.29. The van der Waals surface area contributed by atoms with E-state index < -0.39 is 0 Å². The molecular formula is C12H19N3. The molecule has 0 aromatic carbocycles. The van der Waals surface area contributed by atoms with Crippen molar-refractivity contribution in [2.75, 3.05) is 0 Å². The second kappa shape index (κ2) is 5.57. The van der Waals surface area contributed by atoms with E-state index in [-0.39, 0.29) is 12.1 Å². The van der Waals surface area contributed by atoms with Crippen molar-refractivity contribution in [2.24, 2.45) is 7.05 Å². The monoisotopic (exact) mass is 205 g/mol. The summed E-state index contributed by atoms with van der Waals surface area (Å²) >= 11 is 0. The van der Waals surface area contributed by atoms with E-state index in [1.807, 2.05) is 19.4 Å². The highest BCUT2D eigenvalue weighted by molar-refractivity contribution is 5.11. The molecule has 2 unspecified atom stereocenters. The van der Waals surface area contributed by atoms with Crippen molar-refractivity contribution in [3.05, 3.63) is 18.0 Å². The molecule has 15 heavy (non-hydrogen) atoms. The van der Waals surface area contributed by atoms with Gasteiger partial charge in [0.1, 0.15) is 0 Å². The van der Waals surface area contributed by atoms with E-state index in [0.29, 0.717) is 0 Å². The predicted octanol–water partition coefficient (Wildman–Crippen LogP) is 1.87. The van der Waals surface area contributed by atoms with Gasteiger partial charge in [-0.05, 0) is 13.3 Å². The van der Waals surface area contributed by atoms with Crippen LogP contribution in [-0.4, -0.2) is 15.8 Å². The summed E-state index contributed by atoms with van der Waals surface area (Å²) in [6.07, 6.45) is 11.5. The first-order valence-corrected chi connectivity index (χ1v) is 5.38. The average molecular weight is 205 g/mol. The van der Waals surface area contributed by atoms with Gasteiger partial charge in [-0.25, -0.2) is 0 Å². The average Bonchev–Trinajstić information content (AvgIpc) is 2.64. The fourth-order valence-electron chi connectivity index (χ4n) is 1.57. The van der Waals surface area contributed by atoms with E-state index in [0.717, 1.165) is 12.8 Å². The van der Waals surface area contributed by atoms with Gasteiger partial charge >= 0.3 is 0 Å². The third-order valence-electron chi connectivity index (χ3n) is 2.45. The number of hydrogen-bond acceptors (Lipinski definition) is 2. The number of nitrogens with zero attached hydrogens (tertiary/aromatic N) is 2. The van der Waals surface area contributed by atoms with Crippen LogP contribution in [0.2, 0.25) is 0 Å². The summed E-state index contributed by atoms with van der Waals surface area (Å²) in [5, 5.41) is 7.55. The number of aromatic nitrogens is 2. The van der Waals surface area contributed by atoms with E-state index in [1.165, 1.54) is 5.56 Å². The normalized spacial score (nSPS) is 14.5. The second-order valence-electron chi connectivity index (χ2n) is 3.84. The van der Waals surface area contributed by atoms with Gasteiger partial charge in [-0.15, -0.1) is 6.42 Å². The standard InChI is InChI=1S/C12H19N3/c1-5-7-12(6-2)14-10(3)11-8-13-15(4)9-11/h2,8-10,12,14H,5,7H2,1,3-4H3. The molecule has 0 saturated carbocycles. The van der Waals surface area contributed by atoms with Gasteiger partial charge in [0, 0.05) is 24.8 Å². The fourth-order valence-corrected chi connectivity index (χ4v) is 1.57. The van der Waals surface area contributed by atoms with Crippen LogP contribution >= 0.6 is 0 Å². The molecular weight excluding hydrogens is 186 g/mol. The minimum Gasteiger partial charge on any atom is -0.297 e. The molecule has 3 heteroatoms. The summed E-state index contributed by atoms with van der Waals surface area (Å²) in [5.41, 5.74) is 1.17. The highest BCUT2D eigenvalue weighted by atomic mass is 15.2. The van der Waals surface area contributed by atoms with Crippen molar-refractivity contribution in [3.63, 3.8) is 0 Å². The van der Waals surface area contributed by atoms with E-state index >= 15 is 0 Å². The molecule has 0 aliphatic carbocycles. The highest BCUT2D eigenvalue weighted by Gasteiger charge is 2.11. The Hall–Kier alpha value is -1.27. The zero-order chi connectivity index (χ0) is 11.3. The van der Waals surface area contributed by atoms with Crippen molar-refractivity contribution < 1.29 is 0 Å². The summed E-state index contributed by atoms with van der Waals surface area (Å²) in [4.78, 5) is 0. The van der Waals surface area contributed by atoms with Crippen LogP contribution in [0.4, 0.5) is 0 Å². The molecule has 3 nitrogen and oxygen atoms in total. The Bertz CT molecular complexity index is 335. The van der Waals surface area contributed by atoms with Crippen LogP contribution < -0.4 is 5.32 Å². The molecule has 1 N–H and O–H groups in total. The van der Waals surface area contributed by atoms with E-state index in [4.69, 9.17) is 6.42 Å². The molecule has 0 fully saturated rings. The first-order chi connectivity index (χ1) is 7.17. The molecule has 0 aliphatic heterocycles. The molecule has 1 heterocycles. The zero-order valence-corrected chi connectivity index (χ0v) is 9.70. The van der Waals surface area contributed by atoms with Crippen LogP contribution in [0.5, 0.6) is 0 Å². The maximum absolute atomic E-state index is 5.46. The highest BCUT2D eigenvalue weighted by Crippen LogP contribution is 2.12. The Balaban J connectivity index is 2.55. The zero-order valence-electron chi connectivity index (χ0n) is 9.70. The third kappa shape index (κ3) is 3.41. The Kier molecular flexibility index (Phi) is 4.38. The minimum absolute atomic E-state index is 0.158. The molecule has 82 valence electrons. The van der Waals surface area contributed by atoms with Gasteiger partial charge in [0.15, 0.2) is 0 Å². The van der Waals surface area contributed by atoms with Gasteiger partial charge in [-0.1, -0.05) is 19.3 Å². The van der Waals surface area contributed by atoms with Gasteiger partial charge in [-0.2, -0.15) is 5.10 Å². The van der Waals surface area contributed by atoms with Crippen molar-refractivity contribution in [3.8, 4) is 12.3 Å². The Labute approximate surface area is 91.9 Å². The molecule has 0 amide bonds. The first kappa shape index (κ1) is 11.8. The smallest absolute Gasteiger partial charge is 0.0691 e. The first-order valence-electron chi connectivity index (χ1n) is 5.38. The SMILES string of the molecule is C#CC(CCC)NC(C)c1cnn(C)c1. The topological polar surface area (TPSA) is 29.9 Å². The molecule has 1 aromatic heterocycles. The Morgan fingerprint density at radius 3 is 2.87 bits per heavy atom. The summed E-state index contributed by atoms with van der Waals surface area (Å²) < 4.78 is 1.80. The van der Waals surface area contributed by atoms with E-state index in [1.54, 1.807) is 4.68 Å². The van der Waals surface area contributed by atoms with Crippen LogP contribution in [-0.2, 0) is 7.05 Å². The second-order valence-corrected chi connectivity index (χ2v) is 3.84. The molecule has 0 saturated heterocycles.